The first-order valence-corrected chi connectivity index (χ1v) is 26.2. The van der Waals surface area contributed by atoms with Crippen molar-refractivity contribution in [2.45, 2.75) is 57.8 Å². The van der Waals surface area contributed by atoms with Gasteiger partial charge in [0.25, 0.3) is 0 Å². The fraction of sp³-hybridized carbons (Fsp3) is 0.123. The molecule has 346 valence electrons. The third-order valence-electron chi connectivity index (χ3n) is 17.8. The van der Waals surface area contributed by atoms with Crippen LogP contribution in [0.3, 0.4) is 0 Å². The monoisotopic (exact) mass is 930 g/mol. The number of hydrogen-bond donors (Lipinski definition) is 0. The van der Waals surface area contributed by atoms with Crippen molar-refractivity contribution in [1.29, 1.82) is 0 Å². The second-order valence-electron chi connectivity index (χ2n) is 22.7. The summed E-state index contributed by atoms with van der Waals surface area (Å²) in [6, 6.07) is 83.2. The minimum absolute atomic E-state index is 0.0763. The third kappa shape index (κ3) is 5.73. The molecule has 3 aliphatic carbocycles. The van der Waals surface area contributed by atoms with E-state index in [0.717, 1.165) is 0 Å². The molecule has 0 bridgehead atoms. The van der Waals surface area contributed by atoms with Gasteiger partial charge >= 0.3 is 0 Å². The molecule has 0 heterocycles. The lowest BCUT2D eigenvalue weighted by Gasteiger charge is -2.25. The van der Waals surface area contributed by atoms with E-state index < -0.39 is 0 Å². The van der Waals surface area contributed by atoms with Gasteiger partial charge in [-0.25, -0.2) is 0 Å². The van der Waals surface area contributed by atoms with Gasteiger partial charge in [-0.2, -0.15) is 0 Å². The van der Waals surface area contributed by atoms with Gasteiger partial charge in [0.15, 0.2) is 0 Å². The van der Waals surface area contributed by atoms with Crippen LogP contribution in [0.25, 0.3) is 121 Å². The first kappa shape index (κ1) is 42.4. The van der Waals surface area contributed by atoms with Gasteiger partial charge in [0.2, 0.25) is 0 Å². The quantitative estimate of drug-likeness (QED) is 0.154. The Morgan fingerprint density at radius 1 is 0.192 bits per heavy atom. The Labute approximate surface area is 428 Å². The first-order valence-electron chi connectivity index (χ1n) is 26.2. The average molecular weight is 931 g/mol. The fourth-order valence-corrected chi connectivity index (χ4v) is 14.2. The van der Waals surface area contributed by atoms with Gasteiger partial charge in [0, 0.05) is 16.2 Å². The maximum absolute atomic E-state index is 2.56. The summed E-state index contributed by atoms with van der Waals surface area (Å²) in [6.07, 6.45) is 0. The van der Waals surface area contributed by atoms with Gasteiger partial charge < -0.3 is 0 Å². The van der Waals surface area contributed by atoms with E-state index in [0.29, 0.717) is 0 Å². The number of benzene rings is 12. The molecule has 0 fully saturated rings. The summed E-state index contributed by atoms with van der Waals surface area (Å²) in [7, 11) is 0. The molecule has 0 heteroatoms. The molecule has 0 aliphatic heterocycles. The van der Waals surface area contributed by atoms with Crippen molar-refractivity contribution in [3.63, 3.8) is 0 Å². The minimum atomic E-state index is -0.207. The Balaban J connectivity index is 0.850. The maximum Gasteiger partial charge on any atom is 0.0159 e. The van der Waals surface area contributed by atoms with Crippen LogP contribution in [0.5, 0.6) is 0 Å². The first-order chi connectivity index (χ1) is 35.5. The zero-order valence-corrected chi connectivity index (χ0v) is 42.3. The summed E-state index contributed by atoms with van der Waals surface area (Å²) in [5.74, 6) is 0. The SMILES string of the molecule is CC1(C)c2ccccc2-c2ccc(-c3c4ccccc4c(-c4ccc5c(c4)C(C)(C)c4cc6c(cc4-5)C(C)(C)c4cc(-c5c7ccccc7c(-c7ccccc7)c7ccccc57)ccc4-6)c4ccccc34)cc21. The van der Waals surface area contributed by atoms with E-state index in [9.17, 15) is 0 Å². The summed E-state index contributed by atoms with van der Waals surface area (Å²) < 4.78 is 0. The second-order valence-corrected chi connectivity index (χ2v) is 22.7. The van der Waals surface area contributed by atoms with Crippen LogP contribution in [0.15, 0.2) is 218 Å². The molecule has 0 spiro atoms. The van der Waals surface area contributed by atoms with Crippen LogP contribution in [0.1, 0.15) is 74.9 Å². The van der Waals surface area contributed by atoms with Crippen molar-refractivity contribution >= 4 is 43.1 Å². The van der Waals surface area contributed by atoms with Gasteiger partial charge in [0.1, 0.15) is 0 Å². The molecule has 0 radical (unpaired) electrons. The lowest BCUT2D eigenvalue weighted by Crippen LogP contribution is -2.17. The number of fused-ring (bicyclic) bond motifs is 13. The van der Waals surface area contributed by atoms with Gasteiger partial charge in [-0.3, -0.25) is 0 Å². The van der Waals surface area contributed by atoms with E-state index in [1.54, 1.807) is 0 Å². The highest BCUT2D eigenvalue weighted by Crippen LogP contribution is 2.58. The lowest BCUT2D eigenvalue weighted by atomic mass is 9.78. The molecule has 0 N–H and O–H groups in total. The minimum Gasteiger partial charge on any atom is -0.0622 e. The van der Waals surface area contributed by atoms with Crippen LogP contribution < -0.4 is 0 Å². The van der Waals surface area contributed by atoms with Crippen molar-refractivity contribution in [2.24, 2.45) is 0 Å². The Bertz CT molecular complexity index is 4270. The summed E-state index contributed by atoms with van der Waals surface area (Å²) in [5.41, 5.74) is 26.4. The summed E-state index contributed by atoms with van der Waals surface area (Å²) >= 11 is 0. The standard InChI is InChI=1S/C73H54/c1-71(2)61-31-19-18-22-47(61)48-35-32-44(38-62(48)71)69-55-27-14-16-29-57(55)70(58-30-17-15-28-56(58)69)46-34-37-50-60-42-65-59(41-66(60)73(5,6)64(50)40-46)49-36-33-45(39-63(49)72(65,3)4)68-53-25-12-10-23-51(53)67(43-20-8-7-9-21-43)52-24-11-13-26-54(52)68/h7-42H,1-6H3. The van der Waals surface area contributed by atoms with Crippen LogP contribution in [-0.2, 0) is 16.2 Å². The molecule has 73 heavy (non-hydrogen) atoms. The van der Waals surface area contributed by atoms with E-state index >= 15 is 0 Å². The third-order valence-corrected chi connectivity index (χ3v) is 17.8. The van der Waals surface area contributed by atoms with Crippen LogP contribution >= 0.6 is 0 Å². The Morgan fingerprint density at radius 3 is 0.822 bits per heavy atom. The molecular formula is C73H54. The van der Waals surface area contributed by atoms with Gasteiger partial charge in [-0.15, -0.1) is 0 Å². The lowest BCUT2D eigenvalue weighted by molar-refractivity contribution is 0.652. The van der Waals surface area contributed by atoms with E-state index in [4.69, 9.17) is 0 Å². The summed E-state index contributed by atoms with van der Waals surface area (Å²) in [5, 5.41) is 10.3. The zero-order chi connectivity index (χ0) is 49.1. The average Bonchev–Trinajstić information content (AvgIpc) is 3.89. The van der Waals surface area contributed by atoms with Crippen molar-refractivity contribution < 1.29 is 0 Å². The molecule has 0 nitrogen and oxygen atoms in total. The largest absolute Gasteiger partial charge is 0.0622 e. The molecule has 0 aromatic heterocycles. The fourth-order valence-electron chi connectivity index (χ4n) is 14.2. The molecule has 0 atom stereocenters. The van der Waals surface area contributed by atoms with Crippen LogP contribution in [-0.4, -0.2) is 0 Å². The van der Waals surface area contributed by atoms with Crippen molar-refractivity contribution in [2.75, 3.05) is 0 Å². The molecule has 15 rings (SSSR count). The molecular weight excluding hydrogens is 877 g/mol. The predicted molar refractivity (Wildman–Crippen MR) is 311 cm³/mol. The molecule has 0 unspecified atom stereocenters. The molecule has 12 aromatic rings. The van der Waals surface area contributed by atoms with Gasteiger partial charge in [-0.05, 0) is 185 Å². The molecule has 3 aliphatic rings. The highest BCUT2D eigenvalue weighted by molar-refractivity contribution is 6.23. The number of hydrogen-bond acceptors (Lipinski definition) is 0. The Kier molecular flexibility index (Phi) is 8.63. The van der Waals surface area contributed by atoms with Crippen molar-refractivity contribution in [3.8, 4) is 77.9 Å². The highest BCUT2D eigenvalue weighted by Gasteiger charge is 2.42. The molecule has 0 saturated carbocycles. The topological polar surface area (TPSA) is 0 Å². The van der Waals surface area contributed by atoms with Gasteiger partial charge in [-0.1, -0.05) is 230 Å². The van der Waals surface area contributed by atoms with Crippen molar-refractivity contribution in [1.82, 2.24) is 0 Å². The van der Waals surface area contributed by atoms with Crippen LogP contribution in [0.4, 0.5) is 0 Å². The van der Waals surface area contributed by atoms with E-state index in [1.807, 2.05) is 0 Å². The molecule has 0 amide bonds. The smallest absolute Gasteiger partial charge is 0.0159 e. The predicted octanol–water partition coefficient (Wildman–Crippen LogP) is 19.9. The molecule has 0 saturated heterocycles. The number of rotatable bonds is 4. The normalized spacial score (nSPS) is 15.0. The van der Waals surface area contributed by atoms with E-state index in [-0.39, 0.29) is 16.2 Å². The van der Waals surface area contributed by atoms with Crippen LogP contribution in [0.2, 0.25) is 0 Å². The van der Waals surface area contributed by atoms with Crippen molar-refractivity contribution in [3.05, 3.63) is 252 Å². The van der Waals surface area contributed by atoms with Crippen LogP contribution in [0, 0.1) is 0 Å². The van der Waals surface area contributed by atoms with E-state index in [1.165, 1.54) is 154 Å². The zero-order valence-electron chi connectivity index (χ0n) is 42.3. The van der Waals surface area contributed by atoms with E-state index in [2.05, 4.69) is 260 Å². The second kappa shape index (κ2) is 14.9. The highest BCUT2D eigenvalue weighted by atomic mass is 14.5. The maximum atomic E-state index is 2.56. The Hall–Kier alpha value is -8.32. The summed E-state index contributed by atoms with van der Waals surface area (Å²) in [4.78, 5) is 0. The summed E-state index contributed by atoms with van der Waals surface area (Å²) in [6.45, 7) is 14.5. The van der Waals surface area contributed by atoms with Gasteiger partial charge in [0.05, 0.1) is 0 Å². The Morgan fingerprint density at radius 2 is 0.452 bits per heavy atom. The molecule has 12 aromatic carbocycles.